The lowest BCUT2D eigenvalue weighted by atomic mass is 10.00. The molecule has 1 heterocycles. The lowest BCUT2D eigenvalue weighted by molar-refractivity contribution is 0.157. The molecule has 0 saturated carbocycles. The second-order valence-electron chi connectivity index (χ2n) is 7.50. The van der Waals surface area contributed by atoms with Crippen LogP contribution in [-0.2, 0) is 6.54 Å². The van der Waals surface area contributed by atoms with Crippen LogP contribution in [0.2, 0.25) is 0 Å². The fourth-order valence-corrected chi connectivity index (χ4v) is 3.89. The van der Waals surface area contributed by atoms with Crippen molar-refractivity contribution in [2.24, 2.45) is 0 Å². The van der Waals surface area contributed by atoms with Gasteiger partial charge in [0.15, 0.2) is 0 Å². The molecule has 4 nitrogen and oxygen atoms in total. The van der Waals surface area contributed by atoms with Gasteiger partial charge in [-0.1, -0.05) is 30.3 Å². The van der Waals surface area contributed by atoms with Crippen molar-refractivity contribution >= 4 is 17.0 Å². The van der Waals surface area contributed by atoms with Crippen LogP contribution in [0, 0.1) is 11.6 Å². The lowest BCUT2D eigenvalue weighted by Crippen LogP contribution is -2.33. The number of amides is 1. The minimum Gasteiger partial charge on any atom is -0.410 e. The van der Waals surface area contributed by atoms with Crippen LogP contribution in [0.5, 0.6) is 5.75 Å². The van der Waals surface area contributed by atoms with Gasteiger partial charge in [0.2, 0.25) is 0 Å². The van der Waals surface area contributed by atoms with E-state index in [0.29, 0.717) is 30.8 Å². The summed E-state index contributed by atoms with van der Waals surface area (Å²) < 4.78 is 35.9. The molecule has 4 rings (SSSR count). The molecule has 32 heavy (non-hydrogen) atoms. The van der Waals surface area contributed by atoms with E-state index in [9.17, 15) is 13.6 Å². The molecule has 0 saturated heterocycles. The lowest BCUT2D eigenvalue weighted by Gasteiger charge is -2.20. The van der Waals surface area contributed by atoms with Crippen LogP contribution in [0.25, 0.3) is 22.0 Å². The monoisotopic (exact) mass is 434 g/mol. The van der Waals surface area contributed by atoms with Gasteiger partial charge in [-0.3, -0.25) is 0 Å². The minimum atomic E-state index is -0.693. The van der Waals surface area contributed by atoms with Gasteiger partial charge in [-0.25, -0.2) is 13.6 Å². The van der Waals surface area contributed by atoms with Crippen LogP contribution in [0.4, 0.5) is 13.6 Å². The highest BCUT2D eigenvalue weighted by atomic mass is 19.1. The Balaban J connectivity index is 1.85. The van der Waals surface area contributed by atoms with E-state index in [2.05, 4.69) is 4.57 Å². The number of fused-ring (bicyclic) bond motifs is 1. The van der Waals surface area contributed by atoms with Crippen molar-refractivity contribution in [3.63, 3.8) is 0 Å². The molecule has 1 amide bonds. The first-order valence-electron chi connectivity index (χ1n) is 10.6. The average molecular weight is 434 g/mol. The first-order valence-corrected chi connectivity index (χ1v) is 10.6. The Labute approximate surface area is 185 Å². The molecule has 164 valence electrons. The third-order valence-corrected chi connectivity index (χ3v) is 5.48. The van der Waals surface area contributed by atoms with E-state index in [1.807, 2.05) is 62.5 Å². The van der Waals surface area contributed by atoms with E-state index in [0.717, 1.165) is 22.5 Å². The van der Waals surface area contributed by atoms with E-state index >= 15 is 0 Å². The summed E-state index contributed by atoms with van der Waals surface area (Å²) in [5, 5.41) is 0.746. The molecule has 0 aliphatic carbocycles. The first-order chi connectivity index (χ1) is 15.5. The summed E-state index contributed by atoms with van der Waals surface area (Å²) in [6.07, 6.45) is 1.42. The van der Waals surface area contributed by atoms with Crippen molar-refractivity contribution in [3.05, 3.63) is 90.1 Å². The SMILES string of the molecule is CCN(CC)C(=O)Oc1ccc2c(ccn2Cc2ccccc2)c1-c1cc(F)cc(F)c1. The Kier molecular flexibility index (Phi) is 6.21. The van der Waals surface area contributed by atoms with E-state index < -0.39 is 17.7 Å². The zero-order chi connectivity index (χ0) is 22.7. The van der Waals surface area contributed by atoms with Gasteiger partial charge in [-0.05, 0) is 55.3 Å². The second-order valence-corrected chi connectivity index (χ2v) is 7.50. The number of hydrogen-bond acceptors (Lipinski definition) is 2. The number of rotatable bonds is 6. The molecule has 1 aromatic heterocycles. The Bertz CT molecular complexity index is 1230. The predicted molar refractivity (Wildman–Crippen MR) is 122 cm³/mol. The highest BCUT2D eigenvalue weighted by Gasteiger charge is 2.20. The summed E-state index contributed by atoms with van der Waals surface area (Å²) >= 11 is 0. The number of aromatic nitrogens is 1. The van der Waals surface area contributed by atoms with Gasteiger partial charge >= 0.3 is 6.09 Å². The molecule has 0 atom stereocenters. The largest absolute Gasteiger partial charge is 0.415 e. The van der Waals surface area contributed by atoms with Crippen molar-refractivity contribution in [1.82, 2.24) is 9.47 Å². The quantitative estimate of drug-likeness (QED) is 0.348. The number of nitrogens with zero attached hydrogens (tertiary/aromatic N) is 2. The fraction of sp³-hybridized carbons (Fsp3) is 0.192. The zero-order valence-electron chi connectivity index (χ0n) is 18.0. The topological polar surface area (TPSA) is 34.5 Å². The average Bonchev–Trinajstić information content (AvgIpc) is 3.17. The van der Waals surface area contributed by atoms with E-state index in [1.165, 1.54) is 12.1 Å². The van der Waals surface area contributed by atoms with Crippen molar-refractivity contribution in [2.75, 3.05) is 13.1 Å². The molecule has 0 aliphatic rings. The molecular formula is C26H24F2N2O2. The number of carbonyl (C=O) groups is 1. The van der Waals surface area contributed by atoms with Gasteiger partial charge in [0, 0.05) is 48.4 Å². The molecule has 0 bridgehead atoms. The minimum absolute atomic E-state index is 0.261. The summed E-state index contributed by atoms with van der Waals surface area (Å²) in [5.41, 5.74) is 2.79. The van der Waals surface area contributed by atoms with Crippen molar-refractivity contribution in [2.45, 2.75) is 20.4 Å². The highest BCUT2D eigenvalue weighted by molar-refractivity contribution is 5.99. The molecule has 0 unspecified atom stereocenters. The van der Waals surface area contributed by atoms with Gasteiger partial charge in [0.25, 0.3) is 0 Å². The fourth-order valence-electron chi connectivity index (χ4n) is 3.89. The summed E-state index contributed by atoms with van der Waals surface area (Å²) in [6.45, 7) is 5.35. The Morgan fingerprint density at radius 1 is 0.938 bits per heavy atom. The van der Waals surface area contributed by atoms with E-state index in [4.69, 9.17) is 4.74 Å². The summed E-state index contributed by atoms with van der Waals surface area (Å²) in [7, 11) is 0. The van der Waals surface area contributed by atoms with E-state index in [1.54, 1.807) is 11.0 Å². The van der Waals surface area contributed by atoms with Gasteiger partial charge in [-0.2, -0.15) is 0 Å². The third-order valence-electron chi connectivity index (χ3n) is 5.48. The van der Waals surface area contributed by atoms with Crippen LogP contribution < -0.4 is 4.74 Å². The Hall–Kier alpha value is -3.67. The van der Waals surface area contributed by atoms with Gasteiger partial charge in [0.1, 0.15) is 17.4 Å². The number of hydrogen-bond donors (Lipinski definition) is 0. The first kappa shape index (κ1) is 21.6. The van der Waals surface area contributed by atoms with Crippen LogP contribution in [0.15, 0.2) is 72.9 Å². The third kappa shape index (κ3) is 4.35. The number of halogens is 2. The number of benzene rings is 3. The maximum Gasteiger partial charge on any atom is 0.415 e. The Morgan fingerprint density at radius 3 is 2.28 bits per heavy atom. The predicted octanol–water partition coefficient (Wildman–Crippen LogP) is 6.48. The molecule has 0 spiro atoms. The maximum atomic E-state index is 14.1. The zero-order valence-corrected chi connectivity index (χ0v) is 18.0. The molecule has 3 aromatic carbocycles. The van der Waals surface area contributed by atoms with E-state index in [-0.39, 0.29) is 5.75 Å². The molecule has 0 fully saturated rings. The molecule has 0 radical (unpaired) electrons. The molecule has 4 aromatic rings. The van der Waals surface area contributed by atoms with Crippen molar-refractivity contribution in [3.8, 4) is 16.9 Å². The normalized spacial score (nSPS) is 11.0. The molecule has 0 N–H and O–H groups in total. The van der Waals surface area contributed by atoms with Crippen LogP contribution in [0.3, 0.4) is 0 Å². The summed E-state index contributed by atoms with van der Waals surface area (Å²) in [5.74, 6) is -1.12. The molecule has 0 aliphatic heterocycles. The number of carbonyl (C=O) groups excluding carboxylic acids is 1. The van der Waals surface area contributed by atoms with Crippen LogP contribution >= 0.6 is 0 Å². The molecule has 6 heteroatoms. The second kappa shape index (κ2) is 9.22. The smallest absolute Gasteiger partial charge is 0.410 e. The van der Waals surface area contributed by atoms with Gasteiger partial charge in [-0.15, -0.1) is 0 Å². The van der Waals surface area contributed by atoms with Crippen molar-refractivity contribution < 1.29 is 18.3 Å². The van der Waals surface area contributed by atoms with Crippen LogP contribution in [0.1, 0.15) is 19.4 Å². The number of ether oxygens (including phenoxy) is 1. The highest BCUT2D eigenvalue weighted by Crippen LogP contribution is 2.39. The summed E-state index contributed by atoms with van der Waals surface area (Å²) in [4.78, 5) is 14.2. The standard InChI is InChI=1S/C26H24F2N2O2/c1-3-29(4-2)26(31)32-24-11-10-23-22(25(24)19-14-20(27)16-21(28)15-19)12-13-30(23)17-18-8-6-5-7-9-18/h5-16H,3-4,17H2,1-2H3. The molecular weight excluding hydrogens is 410 g/mol. The van der Waals surface area contributed by atoms with Crippen molar-refractivity contribution in [1.29, 1.82) is 0 Å². The van der Waals surface area contributed by atoms with Crippen LogP contribution in [-0.4, -0.2) is 28.6 Å². The van der Waals surface area contributed by atoms with Gasteiger partial charge in [0.05, 0.1) is 0 Å². The Morgan fingerprint density at radius 2 is 1.62 bits per heavy atom. The van der Waals surface area contributed by atoms with Gasteiger partial charge < -0.3 is 14.2 Å². The summed E-state index contributed by atoms with van der Waals surface area (Å²) in [6, 6.07) is 18.7. The maximum absolute atomic E-state index is 14.1.